The van der Waals surface area contributed by atoms with Crippen molar-refractivity contribution in [1.82, 2.24) is 14.9 Å². The lowest BCUT2D eigenvalue weighted by molar-refractivity contribution is -0.141. The quantitative estimate of drug-likeness (QED) is 0.863. The Labute approximate surface area is 137 Å². The zero-order valence-electron chi connectivity index (χ0n) is 12.9. The molecule has 0 atom stereocenters. The minimum absolute atomic E-state index is 0.0634. The van der Waals surface area contributed by atoms with Crippen LogP contribution in [0.2, 0.25) is 0 Å². The smallest absolute Gasteiger partial charge is 0.300 e. The molecule has 4 nitrogen and oxygen atoms in total. The number of piperidine rings is 1. The number of alkyl halides is 3. The lowest BCUT2D eigenvalue weighted by atomic mass is 10.0. The van der Waals surface area contributed by atoms with E-state index in [9.17, 15) is 18.0 Å². The van der Waals surface area contributed by atoms with Crippen LogP contribution in [0.25, 0.3) is 11.4 Å². The van der Waals surface area contributed by atoms with E-state index in [0.29, 0.717) is 38.0 Å². The van der Waals surface area contributed by atoms with Crippen molar-refractivity contribution < 1.29 is 18.0 Å². The molecule has 1 aromatic carbocycles. The number of aromatic nitrogens is 2. The maximum atomic E-state index is 12.9. The van der Waals surface area contributed by atoms with Crippen molar-refractivity contribution >= 4 is 5.78 Å². The molecule has 126 valence electrons. The van der Waals surface area contributed by atoms with Gasteiger partial charge < -0.3 is 0 Å². The molecule has 0 unspecified atom stereocenters. The fourth-order valence-electron chi connectivity index (χ4n) is 2.72. The first-order valence-corrected chi connectivity index (χ1v) is 7.66. The normalized spacial score (nSPS) is 16.4. The van der Waals surface area contributed by atoms with Crippen molar-refractivity contribution in [3.05, 3.63) is 47.8 Å². The Morgan fingerprint density at radius 3 is 2.50 bits per heavy atom. The van der Waals surface area contributed by atoms with Crippen LogP contribution in [0.5, 0.6) is 0 Å². The molecule has 0 spiro atoms. The zero-order valence-corrected chi connectivity index (χ0v) is 12.9. The minimum Gasteiger partial charge on any atom is -0.300 e. The lowest BCUT2D eigenvalue weighted by Gasteiger charge is -2.26. The monoisotopic (exact) mass is 335 g/mol. The number of halogens is 3. The SMILES string of the molecule is O=C1CCN(Cc2ccccc2-c2nccc(C(F)(F)F)n2)CC1. The maximum Gasteiger partial charge on any atom is 0.433 e. The summed E-state index contributed by atoms with van der Waals surface area (Å²) in [5.74, 6) is 0.314. The number of rotatable bonds is 3. The molecule has 2 heterocycles. The average molecular weight is 335 g/mol. The molecule has 0 bridgehead atoms. The van der Waals surface area contributed by atoms with Crippen LogP contribution in [-0.4, -0.2) is 33.7 Å². The highest BCUT2D eigenvalue weighted by molar-refractivity contribution is 5.79. The summed E-state index contributed by atoms with van der Waals surface area (Å²) in [7, 11) is 0. The first-order chi connectivity index (χ1) is 11.4. The van der Waals surface area contributed by atoms with E-state index in [1.165, 1.54) is 0 Å². The number of Topliss-reactive ketones (excluding diaryl/α,β-unsaturated/α-hetero) is 1. The van der Waals surface area contributed by atoms with Crippen molar-refractivity contribution in [3.63, 3.8) is 0 Å². The van der Waals surface area contributed by atoms with Gasteiger partial charge in [-0.05, 0) is 11.6 Å². The van der Waals surface area contributed by atoms with Gasteiger partial charge >= 0.3 is 6.18 Å². The lowest BCUT2D eigenvalue weighted by Crippen LogP contribution is -2.33. The molecule has 1 aromatic heterocycles. The Balaban J connectivity index is 1.88. The van der Waals surface area contributed by atoms with Gasteiger partial charge in [0, 0.05) is 44.2 Å². The molecule has 1 aliphatic rings. The molecule has 0 radical (unpaired) electrons. The highest BCUT2D eigenvalue weighted by atomic mass is 19.4. The van der Waals surface area contributed by atoms with E-state index in [4.69, 9.17) is 0 Å². The first-order valence-electron chi connectivity index (χ1n) is 7.66. The molecule has 0 N–H and O–H groups in total. The van der Waals surface area contributed by atoms with Gasteiger partial charge in [-0.15, -0.1) is 0 Å². The van der Waals surface area contributed by atoms with Crippen molar-refractivity contribution in [1.29, 1.82) is 0 Å². The van der Waals surface area contributed by atoms with Crippen LogP contribution in [-0.2, 0) is 17.5 Å². The van der Waals surface area contributed by atoms with Crippen molar-refractivity contribution in [2.24, 2.45) is 0 Å². The molecule has 3 rings (SSSR count). The predicted octanol–water partition coefficient (Wildman–Crippen LogP) is 3.33. The molecular weight excluding hydrogens is 319 g/mol. The Hall–Kier alpha value is -2.28. The molecule has 0 aliphatic carbocycles. The van der Waals surface area contributed by atoms with Crippen LogP contribution >= 0.6 is 0 Å². The number of carbonyl (C=O) groups excluding carboxylic acids is 1. The second-order valence-electron chi connectivity index (χ2n) is 5.74. The maximum absolute atomic E-state index is 12.9. The van der Waals surface area contributed by atoms with E-state index >= 15 is 0 Å². The van der Waals surface area contributed by atoms with Gasteiger partial charge in [0.2, 0.25) is 0 Å². The van der Waals surface area contributed by atoms with Crippen molar-refractivity contribution in [3.8, 4) is 11.4 Å². The molecular formula is C17H16F3N3O. The van der Waals surface area contributed by atoms with E-state index in [1.807, 2.05) is 12.1 Å². The molecule has 1 saturated heterocycles. The standard InChI is InChI=1S/C17H16F3N3O/c18-17(19,20)15-5-8-21-16(22-15)14-4-2-1-3-12(14)11-23-9-6-13(24)7-10-23/h1-5,8H,6-7,9-11H2. The summed E-state index contributed by atoms with van der Waals surface area (Å²) >= 11 is 0. The molecule has 0 amide bonds. The van der Waals surface area contributed by atoms with Crippen molar-refractivity contribution in [2.45, 2.75) is 25.6 Å². The van der Waals surface area contributed by atoms with Gasteiger partial charge in [0.15, 0.2) is 5.82 Å². The van der Waals surface area contributed by atoms with Crippen LogP contribution in [0.1, 0.15) is 24.1 Å². The molecule has 1 aliphatic heterocycles. The largest absolute Gasteiger partial charge is 0.433 e. The Morgan fingerprint density at radius 1 is 1.08 bits per heavy atom. The number of benzene rings is 1. The second-order valence-corrected chi connectivity index (χ2v) is 5.74. The Bertz CT molecular complexity index is 736. The summed E-state index contributed by atoms with van der Waals surface area (Å²) in [4.78, 5) is 21.1. The van der Waals surface area contributed by atoms with E-state index in [-0.39, 0.29) is 11.6 Å². The summed E-state index contributed by atoms with van der Waals surface area (Å²) in [6, 6.07) is 8.03. The van der Waals surface area contributed by atoms with E-state index in [0.717, 1.165) is 17.8 Å². The van der Waals surface area contributed by atoms with Crippen molar-refractivity contribution in [2.75, 3.05) is 13.1 Å². The Morgan fingerprint density at radius 2 is 1.79 bits per heavy atom. The van der Waals surface area contributed by atoms with Crippen LogP contribution in [0.15, 0.2) is 36.5 Å². The third kappa shape index (κ3) is 3.79. The highest BCUT2D eigenvalue weighted by Crippen LogP contribution is 2.29. The van der Waals surface area contributed by atoms with Gasteiger partial charge in [-0.2, -0.15) is 13.2 Å². The number of hydrogen-bond donors (Lipinski definition) is 0. The number of hydrogen-bond acceptors (Lipinski definition) is 4. The summed E-state index contributed by atoms with van der Waals surface area (Å²) in [5, 5.41) is 0. The fourth-order valence-corrected chi connectivity index (χ4v) is 2.72. The first kappa shape index (κ1) is 16.6. The number of nitrogens with zero attached hydrogens (tertiary/aromatic N) is 3. The third-order valence-corrected chi connectivity index (χ3v) is 4.01. The summed E-state index contributed by atoms with van der Waals surface area (Å²) < 4.78 is 38.6. The van der Waals surface area contributed by atoms with Gasteiger partial charge in [0.05, 0.1) is 0 Å². The van der Waals surface area contributed by atoms with Crippen LogP contribution < -0.4 is 0 Å². The van der Waals surface area contributed by atoms with Gasteiger partial charge in [0.1, 0.15) is 11.5 Å². The van der Waals surface area contributed by atoms with Gasteiger partial charge in [-0.3, -0.25) is 9.69 Å². The predicted molar refractivity (Wildman–Crippen MR) is 82.0 cm³/mol. The third-order valence-electron chi connectivity index (χ3n) is 4.01. The van der Waals surface area contributed by atoms with E-state index in [2.05, 4.69) is 14.9 Å². The summed E-state index contributed by atoms with van der Waals surface area (Å²) in [6.45, 7) is 1.89. The molecule has 7 heteroatoms. The van der Waals surface area contributed by atoms with Crippen LogP contribution in [0.3, 0.4) is 0 Å². The molecule has 24 heavy (non-hydrogen) atoms. The fraction of sp³-hybridized carbons (Fsp3) is 0.353. The zero-order chi connectivity index (χ0) is 17.2. The highest BCUT2D eigenvalue weighted by Gasteiger charge is 2.33. The van der Waals surface area contributed by atoms with Crippen LogP contribution in [0.4, 0.5) is 13.2 Å². The molecule has 2 aromatic rings. The van der Waals surface area contributed by atoms with Gasteiger partial charge in [-0.1, -0.05) is 24.3 Å². The molecule has 1 fully saturated rings. The summed E-state index contributed by atoms with van der Waals surface area (Å²) in [5.41, 5.74) is 0.484. The topological polar surface area (TPSA) is 46.1 Å². The molecule has 0 saturated carbocycles. The summed E-state index contributed by atoms with van der Waals surface area (Å²) in [6.07, 6.45) is -2.34. The van der Waals surface area contributed by atoms with Gasteiger partial charge in [-0.25, -0.2) is 9.97 Å². The van der Waals surface area contributed by atoms with Crippen LogP contribution in [0, 0.1) is 0 Å². The number of carbonyl (C=O) groups is 1. The average Bonchev–Trinajstić information content (AvgIpc) is 2.57. The Kier molecular flexibility index (Phi) is 4.62. The second kappa shape index (κ2) is 6.68. The van der Waals surface area contributed by atoms with E-state index < -0.39 is 11.9 Å². The van der Waals surface area contributed by atoms with Gasteiger partial charge in [0.25, 0.3) is 0 Å². The minimum atomic E-state index is -4.50. The number of ketones is 1. The number of likely N-dealkylation sites (tertiary alicyclic amines) is 1. The van der Waals surface area contributed by atoms with E-state index in [1.54, 1.807) is 12.1 Å².